The van der Waals surface area contributed by atoms with Crippen molar-refractivity contribution in [2.75, 3.05) is 0 Å². The Bertz CT molecular complexity index is 85.4. The average Bonchev–Trinajstić information content (AvgIpc) is 1.31. The van der Waals surface area contributed by atoms with Crippen LogP contribution in [0.5, 0.6) is 0 Å². The molecule has 0 radical (unpaired) electrons. The SMILES string of the molecule is NC(=O)C([SiH3])([SiH3])[SiH3]. The molecule has 0 aliphatic heterocycles. The van der Waals surface area contributed by atoms with Gasteiger partial charge in [0.15, 0.2) is 0 Å². The van der Waals surface area contributed by atoms with Gasteiger partial charge in [-0.25, -0.2) is 0 Å². The molecule has 0 aliphatic rings. The summed E-state index contributed by atoms with van der Waals surface area (Å²) in [6, 6.07) is 0. The molecule has 0 atom stereocenters. The van der Waals surface area contributed by atoms with Gasteiger partial charge in [0, 0.05) is 35.0 Å². The zero-order valence-electron chi connectivity index (χ0n) is 4.99. The fourth-order valence-corrected chi connectivity index (χ4v) is 0. The molecule has 0 aromatic heterocycles. The van der Waals surface area contributed by atoms with E-state index in [1.54, 1.807) is 0 Å². The van der Waals surface area contributed by atoms with Crippen molar-refractivity contribution in [3.8, 4) is 0 Å². The van der Waals surface area contributed by atoms with E-state index in [0.717, 1.165) is 30.7 Å². The Labute approximate surface area is 52.1 Å². The van der Waals surface area contributed by atoms with Crippen molar-refractivity contribution in [1.29, 1.82) is 0 Å². The first-order valence-corrected chi connectivity index (χ1v) is 5.24. The Hall–Kier alpha value is 0.121. The molecular weight excluding hydrogens is 138 g/mol. The lowest BCUT2D eigenvalue weighted by molar-refractivity contribution is -0.117. The first kappa shape index (κ1) is 7.12. The van der Waals surface area contributed by atoms with Gasteiger partial charge >= 0.3 is 0 Å². The van der Waals surface area contributed by atoms with Crippen molar-refractivity contribution in [2.45, 2.75) is 4.28 Å². The highest BCUT2D eigenvalue weighted by atomic mass is 28.3. The third-order valence-electron chi connectivity index (χ3n) is 0.739. The molecule has 0 fully saturated rings. The van der Waals surface area contributed by atoms with E-state index in [0.29, 0.717) is 0 Å². The second kappa shape index (κ2) is 1.93. The Kier molecular flexibility index (Phi) is 1.96. The second-order valence-corrected chi connectivity index (χ2v) is 16.1. The lowest BCUT2D eigenvalue weighted by atomic mass is 10.7. The smallest absolute Gasteiger partial charge is 0.212 e. The maximum Gasteiger partial charge on any atom is 0.212 e. The summed E-state index contributed by atoms with van der Waals surface area (Å²) < 4.78 is 0.0556. The van der Waals surface area contributed by atoms with Crippen molar-refractivity contribution >= 4 is 36.6 Å². The highest BCUT2D eigenvalue weighted by molar-refractivity contribution is 6.68. The molecule has 0 aliphatic carbocycles. The molecule has 0 unspecified atom stereocenters. The molecule has 5 heteroatoms. The van der Waals surface area contributed by atoms with Crippen LogP contribution < -0.4 is 5.73 Å². The quantitative estimate of drug-likeness (QED) is 0.376. The van der Waals surface area contributed by atoms with Gasteiger partial charge in [0.05, 0.1) is 0 Å². The molecule has 0 heterocycles. The Morgan fingerprint density at radius 2 is 1.57 bits per heavy atom. The summed E-state index contributed by atoms with van der Waals surface area (Å²) >= 11 is 0. The zero-order chi connectivity index (χ0) is 6.08. The van der Waals surface area contributed by atoms with E-state index >= 15 is 0 Å². The second-order valence-electron chi connectivity index (χ2n) is 2.61. The number of hydrogen-bond donors (Lipinski definition) is 1. The number of nitrogens with two attached hydrogens (primary N) is 1. The molecule has 0 aromatic rings. The predicted molar refractivity (Wildman–Crippen MR) is 41.7 cm³/mol. The minimum absolute atomic E-state index is 0.0556. The maximum atomic E-state index is 10.3. The standard InChI is InChI=1S/C2H11NOSi3/c3-1(4)2(5,6)7/h5-7H3,(H2,3,4). The van der Waals surface area contributed by atoms with Crippen molar-refractivity contribution in [3.63, 3.8) is 0 Å². The van der Waals surface area contributed by atoms with Crippen LogP contribution in [0.4, 0.5) is 0 Å². The topological polar surface area (TPSA) is 43.1 Å². The summed E-state index contributed by atoms with van der Waals surface area (Å²) in [4.78, 5) is 10.3. The molecule has 0 saturated heterocycles. The van der Waals surface area contributed by atoms with Crippen LogP contribution >= 0.6 is 0 Å². The summed E-state index contributed by atoms with van der Waals surface area (Å²) in [5.74, 6) is -0.0718. The summed E-state index contributed by atoms with van der Waals surface area (Å²) in [5.41, 5.74) is 5.03. The summed E-state index contributed by atoms with van der Waals surface area (Å²) in [6.07, 6.45) is 0. The highest BCUT2D eigenvalue weighted by Gasteiger charge is 2.16. The molecular formula is C2H11NOSi3. The molecule has 2 N–H and O–H groups in total. The molecule has 7 heavy (non-hydrogen) atoms. The normalized spacial score (nSPS) is 19.4. The van der Waals surface area contributed by atoms with Gasteiger partial charge in [0.1, 0.15) is 0 Å². The number of hydrogen-bond acceptors (Lipinski definition) is 1. The molecule has 42 valence electrons. The fourth-order valence-electron chi connectivity index (χ4n) is 0. The van der Waals surface area contributed by atoms with Crippen LogP contribution in [0.3, 0.4) is 0 Å². The van der Waals surface area contributed by atoms with Crippen molar-refractivity contribution in [3.05, 3.63) is 0 Å². The maximum absolute atomic E-state index is 10.3. The van der Waals surface area contributed by atoms with Gasteiger partial charge in [0.2, 0.25) is 5.91 Å². The zero-order valence-corrected chi connectivity index (χ0v) is 11.0. The van der Waals surface area contributed by atoms with Crippen LogP contribution in [-0.2, 0) is 4.79 Å². The van der Waals surface area contributed by atoms with E-state index in [9.17, 15) is 4.79 Å². The Morgan fingerprint density at radius 3 is 1.57 bits per heavy atom. The first-order chi connectivity index (χ1) is 2.94. The minimum atomic E-state index is -0.0718. The van der Waals surface area contributed by atoms with Gasteiger partial charge in [-0.2, -0.15) is 0 Å². The Morgan fingerprint density at radius 1 is 1.43 bits per heavy atom. The number of amides is 1. The fraction of sp³-hybridized carbons (Fsp3) is 0.500. The number of carbonyl (C=O) groups is 1. The lowest BCUT2D eigenvalue weighted by Crippen LogP contribution is -2.31. The summed E-state index contributed by atoms with van der Waals surface area (Å²) in [5, 5.41) is 0. The van der Waals surface area contributed by atoms with E-state index < -0.39 is 0 Å². The van der Waals surface area contributed by atoms with Gasteiger partial charge < -0.3 is 5.73 Å². The van der Waals surface area contributed by atoms with E-state index in [2.05, 4.69) is 0 Å². The van der Waals surface area contributed by atoms with Gasteiger partial charge in [-0.15, -0.1) is 0 Å². The van der Waals surface area contributed by atoms with E-state index in [-0.39, 0.29) is 10.2 Å². The Balaban J connectivity index is 3.79. The van der Waals surface area contributed by atoms with E-state index in [4.69, 9.17) is 5.73 Å². The predicted octanol–water partition coefficient (Wildman–Crippen LogP) is -4.36. The van der Waals surface area contributed by atoms with Gasteiger partial charge in [-0.1, -0.05) is 0 Å². The minimum Gasteiger partial charge on any atom is -0.370 e. The van der Waals surface area contributed by atoms with Crippen LogP contribution in [0, 0.1) is 0 Å². The first-order valence-electron chi connectivity index (χ1n) is 2.24. The van der Waals surface area contributed by atoms with E-state index in [1.807, 2.05) is 0 Å². The third-order valence-corrected chi connectivity index (χ3v) is 2.22. The number of primary amides is 1. The molecule has 0 rings (SSSR count). The summed E-state index contributed by atoms with van der Waals surface area (Å²) in [7, 11) is 2.88. The monoisotopic (exact) mass is 149 g/mol. The van der Waals surface area contributed by atoms with Crippen LogP contribution in [0.2, 0.25) is 4.28 Å². The van der Waals surface area contributed by atoms with Gasteiger partial charge in [-0.3, -0.25) is 4.79 Å². The third kappa shape index (κ3) is 2.77. The lowest BCUT2D eigenvalue weighted by Gasteiger charge is -2.10. The van der Waals surface area contributed by atoms with Gasteiger partial charge in [-0.05, 0) is 0 Å². The summed E-state index contributed by atoms with van der Waals surface area (Å²) in [6.45, 7) is 0. The largest absolute Gasteiger partial charge is 0.370 e. The number of carbonyl (C=O) groups excluding carboxylic acids is 1. The molecule has 1 amide bonds. The van der Waals surface area contributed by atoms with Crippen molar-refractivity contribution < 1.29 is 4.79 Å². The highest BCUT2D eigenvalue weighted by Crippen LogP contribution is 2.03. The van der Waals surface area contributed by atoms with Crippen LogP contribution in [0.1, 0.15) is 0 Å². The van der Waals surface area contributed by atoms with Crippen LogP contribution in [0.15, 0.2) is 0 Å². The van der Waals surface area contributed by atoms with E-state index in [1.165, 1.54) is 0 Å². The van der Waals surface area contributed by atoms with Crippen LogP contribution in [-0.4, -0.2) is 36.6 Å². The molecule has 0 saturated carbocycles. The molecule has 0 aromatic carbocycles. The molecule has 2 nitrogen and oxygen atoms in total. The number of rotatable bonds is 1. The van der Waals surface area contributed by atoms with Crippen molar-refractivity contribution in [1.82, 2.24) is 0 Å². The molecule has 0 bridgehead atoms. The van der Waals surface area contributed by atoms with Crippen LogP contribution in [0.25, 0.3) is 0 Å². The van der Waals surface area contributed by atoms with Gasteiger partial charge in [0.25, 0.3) is 0 Å². The molecule has 0 spiro atoms. The van der Waals surface area contributed by atoms with Crippen molar-refractivity contribution in [2.24, 2.45) is 5.73 Å². The average molecular weight is 149 g/mol.